The second-order valence-corrected chi connectivity index (χ2v) is 10.4. The lowest BCUT2D eigenvalue weighted by atomic mass is 9.89. The number of amides is 1. The first-order chi connectivity index (χ1) is 14.9. The Bertz CT molecular complexity index is 987. The number of benzene rings is 1. The molecule has 1 fully saturated rings. The Hall–Kier alpha value is -1.62. The molecule has 1 atom stereocenters. The molecule has 4 rings (SSSR count). The van der Waals surface area contributed by atoms with Crippen LogP contribution in [0.15, 0.2) is 18.2 Å². The van der Waals surface area contributed by atoms with Crippen LogP contribution >= 0.6 is 34.5 Å². The summed E-state index contributed by atoms with van der Waals surface area (Å²) in [6.45, 7) is 6.60. The van der Waals surface area contributed by atoms with E-state index >= 15 is 0 Å². The van der Waals surface area contributed by atoms with Crippen LogP contribution in [0.4, 0.5) is 5.00 Å². The zero-order chi connectivity index (χ0) is 22.0. The molecular weight excluding hydrogens is 451 g/mol. The van der Waals surface area contributed by atoms with Crippen LogP contribution < -0.4 is 5.32 Å². The number of hydrogen-bond donors (Lipinski definition) is 1. The number of halogens is 2. The third kappa shape index (κ3) is 5.24. The van der Waals surface area contributed by atoms with Crippen molar-refractivity contribution in [2.24, 2.45) is 5.92 Å². The van der Waals surface area contributed by atoms with Crippen molar-refractivity contribution in [2.45, 2.75) is 32.7 Å². The molecular formula is C23H26Cl2N4OS. The SMILES string of the molecule is CC1CCc2c(sc(NC(=O)CN3CCN(Cc4c(Cl)cccc4Cl)CC3)c2C#N)C1. The lowest BCUT2D eigenvalue weighted by molar-refractivity contribution is -0.117. The lowest BCUT2D eigenvalue weighted by Gasteiger charge is -2.34. The fourth-order valence-electron chi connectivity index (χ4n) is 4.34. The highest BCUT2D eigenvalue weighted by Gasteiger charge is 2.26. The number of carbonyl (C=O) groups excluding carboxylic acids is 1. The third-order valence-electron chi connectivity index (χ3n) is 6.15. The van der Waals surface area contributed by atoms with Crippen LogP contribution in [0.2, 0.25) is 10.0 Å². The van der Waals surface area contributed by atoms with E-state index in [0.29, 0.717) is 34.6 Å². The number of thiophene rings is 1. The number of hydrogen-bond acceptors (Lipinski definition) is 5. The van der Waals surface area contributed by atoms with Gasteiger partial charge in [0.05, 0.1) is 12.1 Å². The van der Waals surface area contributed by atoms with E-state index in [1.165, 1.54) is 4.88 Å². The number of anilines is 1. The first-order valence-electron chi connectivity index (χ1n) is 10.7. The Morgan fingerprint density at radius 1 is 1.23 bits per heavy atom. The molecule has 0 radical (unpaired) electrons. The van der Waals surface area contributed by atoms with Gasteiger partial charge in [0, 0.05) is 53.2 Å². The Morgan fingerprint density at radius 2 is 1.90 bits per heavy atom. The Morgan fingerprint density at radius 3 is 2.58 bits per heavy atom. The van der Waals surface area contributed by atoms with Crippen molar-refractivity contribution in [1.29, 1.82) is 5.26 Å². The van der Waals surface area contributed by atoms with Crippen molar-refractivity contribution in [2.75, 3.05) is 38.0 Å². The van der Waals surface area contributed by atoms with E-state index in [2.05, 4.69) is 28.1 Å². The predicted molar refractivity (Wildman–Crippen MR) is 127 cm³/mol. The molecule has 1 aromatic carbocycles. The minimum atomic E-state index is -0.0502. The molecule has 2 heterocycles. The molecule has 1 aliphatic carbocycles. The molecule has 2 aliphatic rings. The number of piperazine rings is 1. The molecule has 8 heteroatoms. The van der Waals surface area contributed by atoms with E-state index in [1.54, 1.807) is 11.3 Å². The van der Waals surface area contributed by atoms with Crippen molar-refractivity contribution in [3.8, 4) is 6.07 Å². The summed E-state index contributed by atoms with van der Waals surface area (Å²) in [4.78, 5) is 18.4. The maximum atomic E-state index is 12.7. The Labute approximate surface area is 197 Å². The maximum absolute atomic E-state index is 12.7. The average Bonchev–Trinajstić information content (AvgIpc) is 3.07. The highest BCUT2D eigenvalue weighted by Crippen LogP contribution is 2.39. The second-order valence-electron chi connectivity index (χ2n) is 8.47. The van der Waals surface area contributed by atoms with Crippen molar-refractivity contribution in [3.63, 3.8) is 0 Å². The number of nitriles is 1. The van der Waals surface area contributed by atoms with Gasteiger partial charge in [0.1, 0.15) is 11.1 Å². The molecule has 0 bridgehead atoms. The molecule has 1 saturated heterocycles. The van der Waals surface area contributed by atoms with Gasteiger partial charge < -0.3 is 5.32 Å². The van der Waals surface area contributed by atoms with Crippen molar-refractivity contribution < 1.29 is 4.79 Å². The van der Waals surface area contributed by atoms with Gasteiger partial charge in [-0.3, -0.25) is 14.6 Å². The molecule has 1 aliphatic heterocycles. The van der Waals surface area contributed by atoms with E-state index in [0.717, 1.165) is 61.6 Å². The van der Waals surface area contributed by atoms with E-state index < -0.39 is 0 Å². The van der Waals surface area contributed by atoms with Gasteiger partial charge in [-0.15, -0.1) is 11.3 Å². The molecule has 0 spiro atoms. The van der Waals surface area contributed by atoms with Crippen molar-refractivity contribution in [3.05, 3.63) is 49.8 Å². The largest absolute Gasteiger partial charge is 0.315 e. The van der Waals surface area contributed by atoms with Crippen LogP contribution in [0.25, 0.3) is 0 Å². The smallest absolute Gasteiger partial charge is 0.239 e. The maximum Gasteiger partial charge on any atom is 0.239 e. The summed E-state index contributed by atoms with van der Waals surface area (Å²) >= 11 is 14.2. The van der Waals surface area contributed by atoms with Gasteiger partial charge in [-0.1, -0.05) is 36.2 Å². The lowest BCUT2D eigenvalue weighted by Crippen LogP contribution is -2.48. The fraction of sp³-hybridized carbons (Fsp3) is 0.478. The molecule has 1 unspecified atom stereocenters. The number of fused-ring (bicyclic) bond motifs is 1. The molecule has 164 valence electrons. The summed E-state index contributed by atoms with van der Waals surface area (Å²) in [6.07, 6.45) is 3.04. The van der Waals surface area contributed by atoms with Crippen molar-refractivity contribution >= 4 is 45.4 Å². The normalized spacial score (nSPS) is 19.6. The van der Waals surface area contributed by atoms with Crippen molar-refractivity contribution in [1.82, 2.24) is 9.80 Å². The number of nitrogens with zero attached hydrogens (tertiary/aromatic N) is 3. The van der Waals surface area contributed by atoms with Gasteiger partial charge in [-0.25, -0.2) is 0 Å². The minimum absolute atomic E-state index is 0.0502. The van der Waals surface area contributed by atoms with Gasteiger partial charge in [-0.2, -0.15) is 5.26 Å². The van der Waals surface area contributed by atoms with Crippen LogP contribution in [0.1, 0.15) is 34.9 Å². The third-order valence-corrected chi connectivity index (χ3v) is 8.03. The monoisotopic (exact) mass is 476 g/mol. The predicted octanol–water partition coefficient (Wildman–Crippen LogP) is 4.81. The summed E-state index contributed by atoms with van der Waals surface area (Å²) in [6, 6.07) is 7.90. The fourth-order valence-corrected chi connectivity index (χ4v) is 6.23. The van der Waals surface area contributed by atoms with Gasteiger partial charge in [0.15, 0.2) is 0 Å². The number of carbonyl (C=O) groups is 1. The van der Waals surface area contributed by atoms with Gasteiger partial charge in [0.2, 0.25) is 5.91 Å². The zero-order valence-corrected chi connectivity index (χ0v) is 19.9. The highest BCUT2D eigenvalue weighted by molar-refractivity contribution is 7.16. The Balaban J connectivity index is 1.31. The van der Waals surface area contributed by atoms with E-state index in [1.807, 2.05) is 18.2 Å². The van der Waals surface area contributed by atoms with Gasteiger partial charge in [-0.05, 0) is 42.9 Å². The zero-order valence-electron chi connectivity index (χ0n) is 17.6. The molecule has 0 saturated carbocycles. The summed E-state index contributed by atoms with van der Waals surface area (Å²) in [5.41, 5.74) is 2.77. The number of nitrogens with one attached hydrogen (secondary N) is 1. The molecule has 1 N–H and O–H groups in total. The minimum Gasteiger partial charge on any atom is -0.315 e. The van der Waals surface area contributed by atoms with Crippen LogP contribution in [-0.4, -0.2) is 48.4 Å². The average molecular weight is 477 g/mol. The quantitative estimate of drug-likeness (QED) is 0.672. The molecule has 5 nitrogen and oxygen atoms in total. The van der Waals surface area contributed by atoms with Crippen LogP contribution in [0.3, 0.4) is 0 Å². The second kappa shape index (κ2) is 9.89. The number of rotatable bonds is 5. The van der Waals surface area contributed by atoms with Gasteiger partial charge in [0.25, 0.3) is 0 Å². The molecule has 2 aromatic rings. The first-order valence-corrected chi connectivity index (χ1v) is 12.2. The summed E-state index contributed by atoms with van der Waals surface area (Å²) in [7, 11) is 0. The van der Waals surface area contributed by atoms with Crippen LogP contribution in [-0.2, 0) is 24.2 Å². The Kier molecular flexibility index (Phi) is 7.20. The van der Waals surface area contributed by atoms with E-state index in [4.69, 9.17) is 23.2 Å². The van der Waals surface area contributed by atoms with E-state index in [-0.39, 0.29) is 5.91 Å². The first kappa shape index (κ1) is 22.6. The van der Waals surface area contributed by atoms with Crippen LogP contribution in [0.5, 0.6) is 0 Å². The standard InChI is InChI=1S/C23H26Cl2N4OS/c1-15-5-6-16-17(12-26)23(31-21(16)11-15)27-22(30)14-29-9-7-28(8-10-29)13-18-19(24)3-2-4-20(18)25/h2-4,15H,5-11,13-14H2,1H3,(H,27,30). The topological polar surface area (TPSA) is 59.4 Å². The summed E-state index contributed by atoms with van der Waals surface area (Å²) < 4.78 is 0. The highest BCUT2D eigenvalue weighted by atomic mass is 35.5. The summed E-state index contributed by atoms with van der Waals surface area (Å²) in [5, 5.41) is 14.7. The molecule has 31 heavy (non-hydrogen) atoms. The molecule has 1 amide bonds. The van der Waals surface area contributed by atoms with Gasteiger partial charge >= 0.3 is 0 Å². The van der Waals surface area contributed by atoms with E-state index in [9.17, 15) is 10.1 Å². The van der Waals surface area contributed by atoms with Crippen LogP contribution in [0, 0.1) is 17.2 Å². The molecule has 1 aromatic heterocycles. The summed E-state index contributed by atoms with van der Waals surface area (Å²) in [5.74, 6) is 0.587.